The molecule has 1 saturated heterocycles. The molecule has 1 aliphatic heterocycles. The van der Waals surface area contributed by atoms with E-state index in [2.05, 4.69) is 39.6 Å². The Hall–Kier alpha value is -2.36. The number of nitrogens with zero attached hydrogens (tertiary/aromatic N) is 2. The number of rotatable bonds is 9. The zero-order valence-corrected chi connectivity index (χ0v) is 21.5. The third kappa shape index (κ3) is 7.96. The van der Waals surface area contributed by atoms with E-state index in [-0.39, 0.29) is 24.0 Å². The van der Waals surface area contributed by atoms with Crippen LogP contribution in [0.5, 0.6) is 17.2 Å². The first kappa shape index (κ1) is 25.9. The van der Waals surface area contributed by atoms with Crippen molar-refractivity contribution in [1.82, 2.24) is 10.6 Å². The summed E-state index contributed by atoms with van der Waals surface area (Å²) in [6.45, 7) is 5.99. The number of piperidine rings is 1. The molecular formula is C24H35IN4O3. The van der Waals surface area contributed by atoms with E-state index in [1.807, 2.05) is 36.4 Å². The van der Waals surface area contributed by atoms with E-state index in [1.54, 1.807) is 14.2 Å². The van der Waals surface area contributed by atoms with Gasteiger partial charge < -0.3 is 29.7 Å². The minimum atomic E-state index is 0. The SMILES string of the molecule is CCNC(=NCCOc1ccccc1)NC1CCN(c2cc(OC)cc(OC)c2)CC1.I. The summed E-state index contributed by atoms with van der Waals surface area (Å²) in [7, 11) is 3.36. The van der Waals surface area contributed by atoms with Gasteiger partial charge in [0.25, 0.3) is 0 Å². The molecule has 1 aliphatic rings. The van der Waals surface area contributed by atoms with Crippen LogP contribution in [0.25, 0.3) is 0 Å². The first-order valence-corrected chi connectivity index (χ1v) is 10.9. The molecule has 0 saturated carbocycles. The Kier molecular flexibility index (Phi) is 11.3. The van der Waals surface area contributed by atoms with Crippen LogP contribution in [0.1, 0.15) is 19.8 Å². The number of hydrogen-bond acceptors (Lipinski definition) is 5. The van der Waals surface area contributed by atoms with Crippen LogP contribution in [0.4, 0.5) is 5.69 Å². The molecule has 0 aliphatic carbocycles. The molecule has 0 bridgehead atoms. The van der Waals surface area contributed by atoms with Gasteiger partial charge in [-0.25, -0.2) is 4.99 Å². The second-order valence-corrected chi connectivity index (χ2v) is 7.40. The summed E-state index contributed by atoms with van der Waals surface area (Å²) >= 11 is 0. The molecule has 0 unspecified atom stereocenters. The van der Waals surface area contributed by atoms with Gasteiger partial charge in [-0.1, -0.05) is 18.2 Å². The normalized spacial score (nSPS) is 14.3. The standard InChI is InChI=1S/C24H34N4O3.HI/c1-4-25-24(26-12-15-31-21-8-6-5-7-9-21)27-19-10-13-28(14-11-19)20-16-22(29-2)18-23(17-20)30-3;/h5-9,16-19H,4,10-15H2,1-3H3,(H2,25,26,27);1H. The minimum Gasteiger partial charge on any atom is -0.497 e. The molecule has 0 radical (unpaired) electrons. The van der Waals surface area contributed by atoms with Crippen LogP contribution in [0, 0.1) is 0 Å². The Labute approximate surface area is 208 Å². The number of guanidine groups is 1. The van der Waals surface area contributed by atoms with Crippen molar-refractivity contribution in [2.45, 2.75) is 25.8 Å². The van der Waals surface area contributed by atoms with Crippen LogP contribution in [0.3, 0.4) is 0 Å². The maximum atomic E-state index is 5.74. The van der Waals surface area contributed by atoms with Crippen LogP contribution >= 0.6 is 24.0 Å². The monoisotopic (exact) mass is 554 g/mol. The first-order chi connectivity index (χ1) is 15.2. The summed E-state index contributed by atoms with van der Waals surface area (Å²) < 4.78 is 16.6. The van der Waals surface area contributed by atoms with Crippen molar-refractivity contribution >= 4 is 35.6 Å². The number of ether oxygens (including phenoxy) is 3. The lowest BCUT2D eigenvalue weighted by Gasteiger charge is -2.34. The van der Waals surface area contributed by atoms with Crippen LogP contribution in [0.2, 0.25) is 0 Å². The van der Waals surface area contributed by atoms with Gasteiger partial charge in [0, 0.05) is 49.6 Å². The fourth-order valence-corrected chi connectivity index (χ4v) is 3.61. The number of aliphatic imine (C=N–C) groups is 1. The summed E-state index contributed by atoms with van der Waals surface area (Å²) in [5.74, 6) is 3.35. The smallest absolute Gasteiger partial charge is 0.191 e. The Bertz CT molecular complexity index is 805. The van der Waals surface area contributed by atoms with Crippen LogP contribution in [0.15, 0.2) is 53.5 Å². The molecule has 176 valence electrons. The molecule has 0 atom stereocenters. The molecule has 7 nitrogen and oxygen atoms in total. The predicted octanol–water partition coefficient (Wildman–Crippen LogP) is 3.92. The number of nitrogens with one attached hydrogen (secondary N) is 2. The second kappa shape index (κ2) is 13.9. The lowest BCUT2D eigenvalue weighted by atomic mass is 10.0. The van der Waals surface area contributed by atoms with E-state index in [0.29, 0.717) is 19.2 Å². The van der Waals surface area contributed by atoms with Crippen molar-refractivity contribution in [2.24, 2.45) is 4.99 Å². The highest BCUT2D eigenvalue weighted by atomic mass is 127. The molecule has 0 amide bonds. The van der Waals surface area contributed by atoms with Gasteiger partial charge in [-0.05, 0) is 31.9 Å². The zero-order chi connectivity index (χ0) is 21.9. The fraction of sp³-hybridized carbons (Fsp3) is 0.458. The van der Waals surface area contributed by atoms with Gasteiger partial charge >= 0.3 is 0 Å². The van der Waals surface area contributed by atoms with Crippen molar-refractivity contribution in [3.05, 3.63) is 48.5 Å². The van der Waals surface area contributed by atoms with Gasteiger partial charge in [0.05, 0.1) is 20.8 Å². The lowest BCUT2D eigenvalue weighted by molar-refractivity contribution is 0.328. The van der Waals surface area contributed by atoms with Crippen LogP contribution in [-0.2, 0) is 0 Å². The molecule has 1 heterocycles. The summed E-state index contributed by atoms with van der Waals surface area (Å²) in [5, 5.41) is 6.92. The number of benzene rings is 2. The average Bonchev–Trinajstić information content (AvgIpc) is 2.82. The van der Waals surface area contributed by atoms with Gasteiger partial charge in [-0.15, -0.1) is 24.0 Å². The second-order valence-electron chi connectivity index (χ2n) is 7.40. The van der Waals surface area contributed by atoms with Gasteiger partial charge in [-0.2, -0.15) is 0 Å². The van der Waals surface area contributed by atoms with E-state index < -0.39 is 0 Å². The molecule has 2 aromatic rings. The maximum absolute atomic E-state index is 5.74. The number of para-hydroxylation sites is 1. The van der Waals surface area contributed by atoms with Gasteiger partial charge in [0.1, 0.15) is 23.9 Å². The molecule has 8 heteroatoms. The Morgan fingerprint density at radius 1 is 1.00 bits per heavy atom. The fourth-order valence-electron chi connectivity index (χ4n) is 3.61. The largest absolute Gasteiger partial charge is 0.497 e. The maximum Gasteiger partial charge on any atom is 0.191 e. The molecule has 2 aromatic carbocycles. The van der Waals surface area contributed by atoms with Gasteiger partial charge in [0.2, 0.25) is 0 Å². The van der Waals surface area contributed by atoms with E-state index in [4.69, 9.17) is 14.2 Å². The zero-order valence-electron chi connectivity index (χ0n) is 19.2. The quantitative estimate of drug-likeness (QED) is 0.212. The Balaban J connectivity index is 0.00000363. The van der Waals surface area contributed by atoms with E-state index in [1.165, 1.54) is 0 Å². The Morgan fingerprint density at radius 3 is 2.25 bits per heavy atom. The summed E-state index contributed by atoms with van der Waals surface area (Å²) in [6, 6.07) is 16.3. The van der Waals surface area contributed by atoms with Crippen molar-refractivity contribution in [1.29, 1.82) is 0 Å². The topological polar surface area (TPSA) is 67.4 Å². The van der Waals surface area contributed by atoms with Crippen LogP contribution < -0.4 is 29.7 Å². The van der Waals surface area contributed by atoms with Crippen molar-refractivity contribution in [2.75, 3.05) is 51.9 Å². The van der Waals surface area contributed by atoms with Gasteiger partial charge in [-0.3, -0.25) is 0 Å². The first-order valence-electron chi connectivity index (χ1n) is 10.9. The predicted molar refractivity (Wildman–Crippen MR) is 141 cm³/mol. The number of methoxy groups -OCH3 is 2. The van der Waals surface area contributed by atoms with E-state index in [0.717, 1.165) is 61.4 Å². The number of anilines is 1. The number of halogens is 1. The highest BCUT2D eigenvalue weighted by molar-refractivity contribution is 14.0. The van der Waals surface area contributed by atoms with E-state index in [9.17, 15) is 0 Å². The molecule has 3 rings (SSSR count). The minimum absolute atomic E-state index is 0. The Morgan fingerprint density at radius 2 is 1.66 bits per heavy atom. The van der Waals surface area contributed by atoms with Crippen molar-refractivity contribution < 1.29 is 14.2 Å². The molecule has 32 heavy (non-hydrogen) atoms. The van der Waals surface area contributed by atoms with E-state index >= 15 is 0 Å². The van der Waals surface area contributed by atoms with Crippen molar-refractivity contribution in [3.63, 3.8) is 0 Å². The summed E-state index contributed by atoms with van der Waals surface area (Å²) in [6.07, 6.45) is 2.06. The molecule has 0 aromatic heterocycles. The molecule has 0 spiro atoms. The average molecular weight is 554 g/mol. The van der Waals surface area contributed by atoms with Crippen LogP contribution in [-0.4, -0.2) is 59.0 Å². The molecule has 2 N–H and O–H groups in total. The number of hydrogen-bond donors (Lipinski definition) is 2. The van der Waals surface area contributed by atoms with Crippen molar-refractivity contribution in [3.8, 4) is 17.2 Å². The molecule has 1 fully saturated rings. The summed E-state index contributed by atoms with van der Waals surface area (Å²) in [5.41, 5.74) is 1.13. The third-order valence-electron chi connectivity index (χ3n) is 5.25. The third-order valence-corrected chi connectivity index (χ3v) is 5.25. The lowest BCUT2D eigenvalue weighted by Crippen LogP contribution is -2.48. The highest BCUT2D eigenvalue weighted by Crippen LogP contribution is 2.30. The summed E-state index contributed by atoms with van der Waals surface area (Å²) in [4.78, 5) is 7.04. The highest BCUT2D eigenvalue weighted by Gasteiger charge is 2.21. The molecular weight excluding hydrogens is 519 g/mol. The van der Waals surface area contributed by atoms with Gasteiger partial charge in [0.15, 0.2) is 5.96 Å².